The maximum Gasteiger partial charge on any atom is 0.129 e. The van der Waals surface area contributed by atoms with Gasteiger partial charge in [-0.3, -0.25) is 0 Å². The third-order valence-corrected chi connectivity index (χ3v) is 3.84. The first-order valence-corrected chi connectivity index (χ1v) is 7.24. The lowest BCUT2D eigenvalue weighted by molar-refractivity contribution is 0.342. The van der Waals surface area contributed by atoms with E-state index in [1.807, 2.05) is 19.9 Å². The summed E-state index contributed by atoms with van der Waals surface area (Å²) in [7, 11) is 0. The summed E-state index contributed by atoms with van der Waals surface area (Å²) in [5, 5.41) is 5.58. The highest BCUT2D eigenvalue weighted by atomic mass is 32.1. The molecule has 2 nitrogen and oxygen atoms in total. The Morgan fingerprint density at radius 1 is 1.16 bits per heavy atom. The van der Waals surface area contributed by atoms with Gasteiger partial charge in [0.2, 0.25) is 0 Å². The Morgan fingerprint density at radius 2 is 2.00 bits per heavy atom. The Bertz CT molecular complexity index is 718. The molecule has 96 valence electrons. The van der Waals surface area contributed by atoms with Gasteiger partial charge in [-0.05, 0) is 30.7 Å². The number of ether oxygens (including phenoxy) is 1. The van der Waals surface area contributed by atoms with Crippen molar-refractivity contribution >= 4 is 22.1 Å². The Hall–Kier alpha value is -1.87. The molecule has 2 aromatic carbocycles. The molecule has 1 aromatic heterocycles. The SMILES string of the molecule is CCOc1ccc2ccccc2c1-c1csc(C)n1. The van der Waals surface area contributed by atoms with E-state index < -0.39 is 0 Å². The average molecular weight is 269 g/mol. The second-order valence-electron chi connectivity index (χ2n) is 4.34. The van der Waals surface area contributed by atoms with Gasteiger partial charge in [-0.15, -0.1) is 11.3 Å². The predicted octanol–water partition coefficient (Wildman–Crippen LogP) is 4.67. The number of aryl methyl sites for hydroxylation is 1. The Labute approximate surface area is 116 Å². The first kappa shape index (κ1) is 12.2. The van der Waals surface area contributed by atoms with Crippen molar-refractivity contribution in [2.45, 2.75) is 13.8 Å². The highest BCUT2D eigenvalue weighted by Gasteiger charge is 2.13. The average Bonchev–Trinajstić information content (AvgIpc) is 2.85. The zero-order valence-corrected chi connectivity index (χ0v) is 11.8. The van der Waals surface area contributed by atoms with Crippen molar-refractivity contribution in [3.63, 3.8) is 0 Å². The predicted molar refractivity (Wildman–Crippen MR) is 81.0 cm³/mol. The third-order valence-electron chi connectivity index (χ3n) is 3.07. The van der Waals surface area contributed by atoms with Gasteiger partial charge in [-0.25, -0.2) is 4.98 Å². The zero-order valence-electron chi connectivity index (χ0n) is 11.0. The molecule has 0 spiro atoms. The van der Waals surface area contributed by atoms with Crippen molar-refractivity contribution < 1.29 is 4.74 Å². The molecule has 0 aliphatic carbocycles. The van der Waals surface area contributed by atoms with Crippen molar-refractivity contribution in [3.05, 3.63) is 46.8 Å². The zero-order chi connectivity index (χ0) is 13.2. The van der Waals surface area contributed by atoms with Crippen molar-refractivity contribution in [2.24, 2.45) is 0 Å². The lowest BCUT2D eigenvalue weighted by atomic mass is 10.0. The first-order valence-electron chi connectivity index (χ1n) is 6.36. The molecule has 3 aromatic rings. The quantitative estimate of drug-likeness (QED) is 0.689. The fraction of sp³-hybridized carbons (Fsp3) is 0.188. The molecule has 19 heavy (non-hydrogen) atoms. The minimum atomic E-state index is 0.661. The number of benzene rings is 2. The molecule has 1 heterocycles. The number of rotatable bonds is 3. The van der Waals surface area contributed by atoms with Gasteiger partial charge in [0.1, 0.15) is 5.75 Å². The molecular weight excluding hydrogens is 254 g/mol. The second-order valence-corrected chi connectivity index (χ2v) is 5.41. The summed E-state index contributed by atoms with van der Waals surface area (Å²) in [6.45, 7) is 4.69. The Balaban J connectivity index is 2.31. The van der Waals surface area contributed by atoms with Gasteiger partial charge in [0.25, 0.3) is 0 Å². The fourth-order valence-corrected chi connectivity index (χ4v) is 2.87. The molecule has 0 aliphatic rings. The van der Waals surface area contributed by atoms with E-state index in [2.05, 4.69) is 40.7 Å². The Morgan fingerprint density at radius 3 is 2.74 bits per heavy atom. The van der Waals surface area contributed by atoms with Crippen LogP contribution in [0.1, 0.15) is 11.9 Å². The van der Waals surface area contributed by atoms with Gasteiger partial charge < -0.3 is 4.74 Å². The van der Waals surface area contributed by atoms with Crippen LogP contribution in [0.2, 0.25) is 0 Å². The molecule has 0 saturated heterocycles. The van der Waals surface area contributed by atoms with Gasteiger partial charge in [-0.1, -0.05) is 30.3 Å². The minimum absolute atomic E-state index is 0.661. The van der Waals surface area contributed by atoms with Crippen LogP contribution in [0.25, 0.3) is 22.0 Å². The molecule has 3 heteroatoms. The lowest BCUT2D eigenvalue weighted by Gasteiger charge is -2.11. The molecule has 0 saturated carbocycles. The summed E-state index contributed by atoms with van der Waals surface area (Å²) in [5.41, 5.74) is 2.10. The van der Waals surface area contributed by atoms with Crippen LogP contribution in [0.4, 0.5) is 0 Å². The molecular formula is C16H15NOS. The van der Waals surface area contributed by atoms with E-state index >= 15 is 0 Å². The van der Waals surface area contributed by atoms with Crippen molar-refractivity contribution in [2.75, 3.05) is 6.61 Å². The molecule has 3 rings (SSSR count). The van der Waals surface area contributed by atoms with E-state index in [1.165, 1.54) is 10.8 Å². The monoisotopic (exact) mass is 269 g/mol. The van der Waals surface area contributed by atoms with Crippen LogP contribution in [0, 0.1) is 6.92 Å². The van der Waals surface area contributed by atoms with Gasteiger partial charge in [0.15, 0.2) is 0 Å². The fourth-order valence-electron chi connectivity index (χ4n) is 2.27. The van der Waals surface area contributed by atoms with Crippen LogP contribution in [0.15, 0.2) is 41.8 Å². The molecule has 0 fully saturated rings. The highest BCUT2D eigenvalue weighted by molar-refractivity contribution is 7.09. The van der Waals surface area contributed by atoms with Gasteiger partial charge >= 0.3 is 0 Å². The molecule has 0 amide bonds. The van der Waals surface area contributed by atoms with Crippen molar-refractivity contribution in [1.82, 2.24) is 4.98 Å². The van der Waals surface area contributed by atoms with Gasteiger partial charge in [-0.2, -0.15) is 0 Å². The maximum absolute atomic E-state index is 5.77. The third kappa shape index (κ3) is 2.22. The molecule has 0 aliphatic heterocycles. The standard InChI is InChI=1S/C16H15NOS/c1-3-18-15-9-8-12-6-4-5-7-13(12)16(15)14-10-19-11(2)17-14/h4-10H,3H2,1-2H3. The summed E-state index contributed by atoms with van der Waals surface area (Å²) in [4.78, 5) is 4.61. The second kappa shape index (κ2) is 5.02. The van der Waals surface area contributed by atoms with Crippen molar-refractivity contribution in [1.29, 1.82) is 0 Å². The summed E-state index contributed by atoms with van der Waals surface area (Å²) in [6, 6.07) is 12.5. The lowest BCUT2D eigenvalue weighted by Crippen LogP contribution is -1.95. The smallest absolute Gasteiger partial charge is 0.129 e. The van der Waals surface area contributed by atoms with E-state index in [-0.39, 0.29) is 0 Å². The van der Waals surface area contributed by atoms with Crippen LogP contribution in [-0.2, 0) is 0 Å². The number of nitrogens with zero attached hydrogens (tertiary/aromatic N) is 1. The number of thiazole rings is 1. The summed E-state index contributed by atoms with van der Waals surface area (Å²) in [5.74, 6) is 0.909. The topological polar surface area (TPSA) is 22.1 Å². The number of fused-ring (bicyclic) bond motifs is 1. The van der Waals surface area contributed by atoms with Gasteiger partial charge in [0, 0.05) is 5.38 Å². The molecule has 0 bridgehead atoms. The summed E-state index contributed by atoms with van der Waals surface area (Å²) in [6.07, 6.45) is 0. The summed E-state index contributed by atoms with van der Waals surface area (Å²) < 4.78 is 5.77. The van der Waals surface area contributed by atoms with Crippen LogP contribution in [-0.4, -0.2) is 11.6 Å². The van der Waals surface area contributed by atoms with E-state index in [9.17, 15) is 0 Å². The van der Waals surface area contributed by atoms with E-state index in [4.69, 9.17) is 4.74 Å². The van der Waals surface area contributed by atoms with Crippen LogP contribution in [0.3, 0.4) is 0 Å². The van der Waals surface area contributed by atoms with E-state index in [1.54, 1.807) is 11.3 Å². The first-order chi connectivity index (χ1) is 9.29. The van der Waals surface area contributed by atoms with Crippen LogP contribution in [0.5, 0.6) is 5.75 Å². The molecule has 0 N–H and O–H groups in total. The van der Waals surface area contributed by atoms with Crippen molar-refractivity contribution in [3.8, 4) is 17.0 Å². The summed E-state index contributed by atoms with van der Waals surface area (Å²) >= 11 is 1.67. The Kier molecular flexibility index (Phi) is 3.22. The number of aromatic nitrogens is 1. The van der Waals surface area contributed by atoms with E-state index in [0.717, 1.165) is 22.0 Å². The molecule has 0 atom stereocenters. The number of hydrogen-bond acceptors (Lipinski definition) is 3. The maximum atomic E-state index is 5.77. The van der Waals surface area contributed by atoms with Gasteiger partial charge in [0.05, 0.1) is 22.9 Å². The minimum Gasteiger partial charge on any atom is -0.493 e. The van der Waals surface area contributed by atoms with Crippen LogP contribution < -0.4 is 4.74 Å². The highest BCUT2D eigenvalue weighted by Crippen LogP contribution is 2.37. The number of hydrogen-bond donors (Lipinski definition) is 0. The molecule has 0 radical (unpaired) electrons. The van der Waals surface area contributed by atoms with Crippen LogP contribution >= 0.6 is 11.3 Å². The van der Waals surface area contributed by atoms with E-state index in [0.29, 0.717) is 6.61 Å². The molecule has 0 unspecified atom stereocenters. The normalized spacial score (nSPS) is 10.8. The largest absolute Gasteiger partial charge is 0.493 e.